The Kier molecular flexibility index (Phi) is 6.95. The lowest BCUT2D eigenvalue weighted by Crippen LogP contribution is -2.55. The first kappa shape index (κ1) is 16.9. The van der Waals surface area contributed by atoms with Crippen LogP contribution in [-0.2, 0) is 14.3 Å². The Morgan fingerprint density at radius 3 is 2.80 bits per heavy atom. The number of ether oxygens (including phenoxy) is 1. The van der Waals surface area contributed by atoms with E-state index in [1.165, 1.54) is 0 Å². The standard InChI is InChI=1S/C14H26N2O4/c1-10-5-7-16(12(9-10)14(18)19)11(2)13(17)15-6-4-8-20-3/h10-12H,4-9H2,1-3H3,(H,15,17)(H,18,19). The van der Waals surface area contributed by atoms with Crippen molar-refractivity contribution in [2.24, 2.45) is 5.92 Å². The number of likely N-dealkylation sites (tertiary alicyclic amines) is 1. The second-order valence-corrected chi connectivity index (χ2v) is 5.53. The zero-order valence-electron chi connectivity index (χ0n) is 12.6. The van der Waals surface area contributed by atoms with Crippen LogP contribution in [0.15, 0.2) is 0 Å². The van der Waals surface area contributed by atoms with Crippen molar-refractivity contribution in [2.75, 3.05) is 26.8 Å². The average molecular weight is 286 g/mol. The summed E-state index contributed by atoms with van der Waals surface area (Å²) in [5.74, 6) is -0.554. The number of rotatable bonds is 7. The average Bonchev–Trinajstić information content (AvgIpc) is 2.42. The lowest BCUT2D eigenvalue weighted by molar-refractivity contribution is -0.148. The highest BCUT2D eigenvalue weighted by Gasteiger charge is 2.36. The van der Waals surface area contributed by atoms with Crippen LogP contribution in [0.25, 0.3) is 0 Å². The first-order valence-electron chi connectivity index (χ1n) is 7.22. The van der Waals surface area contributed by atoms with Gasteiger partial charge in [-0.05, 0) is 32.1 Å². The molecule has 0 bridgehead atoms. The normalized spacial score (nSPS) is 25.1. The fourth-order valence-corrected chi connectivity index (χ4v) is 2.59. The number of carboxylic acids is 1. The molecule has 0 aliphatic carbocycles. The van der Waals surface area contributed by atoms with Crippen LogP contribution >= 0.6 is 0 Å². The van der Waals surface area contributed by atoms with E-state index < -0.39 is 18.1 Å². The fourth-order valence-electron chi connectivity index (χ4n) is 2.59. The molecular formula is C14H26N2O4. The summed E-state index contributed by atoms with van der Waals surface area (Å²) in [5, 5.41) is 12.1. The molecule has 1 saturated heterocycles. The molecule has 6 heteroatoms. The van der Waals surface area contributed by atoms with E-state index in [0.29, 0.717) is 32.0 Å². The maximum Gasteiger partial charge on any atom is 0.320 e. The van der Waals surface area contributed by atoms with Crippen molar-refractivity contribution in [2.45, 2.75) is 45.2 Å². The Balaban J connectivity index is 2.52. The number of hydrogen-bond donors (Lipinski definition) is 2. The molecule has 0 radical (unpaired) electrons. The molecule has 0 saturated carbocycles. The van der Waals surface area contributed by atoms with E-state index in [9.17, 15) is 14.7 Å². The van der Waals surface area contributed by atoms with Crippen molar-refractivity contribution in [1.82, 2.24) is 10.2 Å². The van der Waals surface area contributed by atoms with Crippen molar-refractivity contribution in [3.8, 4) is 0 Å². The molecule has 3 unspecified atom stereocenters. The van der Waals surface area contributed by atoms with E-state index in [4.69, 9.17) is 4.74 Å². The van der Waals surface area contributed by atoms with Gasteiger partial charge < -0.3 is 15.2 Å². The highest BCUT2D eigenvalue weighted by Crippen LogP contribution is 2.24. The van der Waals surface area contributed by atoms with E-state index in [0.717, 1.165) is 12.8 Å². The van der Waals surface area contributed by atoms with Crippen LogP contribution in [0, 0.1) is 5.92 Å². The number of amides is 1. The van der Waals surface area contributed by atoms with Gasteiger partial charge in [0.2, 0.25) is 5.91 Å². The third kappa shape index (κ3) is 4.76. The van der Waals surface area contributed by atoms with E-state index in [1.807, 2.05) is 0 Å². The fraction of sp³-hybridized carbons (Fsp3) is 0.857. The zero-order valence-corrected chi connectivity index (χ0v) is 12.6. The number of carboxylic acid groups (broad SMARTS) is 1. The maximum atomic E-state index is 12.1. The van der Waals surface area contributed by atoms with Gasteiger partial charge in [-0.15, -0.1) is 0 Å². The summed E-state index contributed by atoms with van der Waals surface area (Å²) in [6, 6.07) is -0.968. The van der Waals surface area contributed by atoms with Crippen molar-refractivity contribution in [3.63, 3.8) is 0 Å². The lowest BCUT2D eigenvalue weighted by Gasteiger charge is -2.39. The molecule has 1 aliphatic rings. The summed E-state index contributed by atoms with van der Waals surface area (Å²) in [6.07, 6.45) is 2.30. The van der Waals surface area contributed by atoms with Crippen LogP contribution in [0.3, 0.4) is 0 Å². The molecule has 0 aromatic rings. The van der Waals surface area contributed by atoms with E-state index in [1.54, 1.807) is 18.9 Å². The van der Waals surface area contributed by atoms with E-state index >= 15 is 0 Å². The van der Waals surface area contributed by atoms with Crippen LogP contribution in [-0.4, -0.2) is 60.8 Å². The van der Waals surface area contributed by atoms with Gasteiger partial charge in [-0.1, -0.05) is 6.92 Å². The number of aliphatic carboxylic acids is 1. The van der Waals surface area contributed by atoms with Gasteiger partial charge in [-0.2, -0.15) is 0 Å². The number of methoxy groups -OCH3 is 1. The Hall–Kier alpha value is -1.14. The van der Waals surface area contributed by atoms with Gasteiger partial charge >= 0.3 is 5.97 Å². The predicted octanol–water partition coefficient (Wildman–Crippen LogP) is 0.713. The van der Waals surface area contributed by atoms with Crippen molar-refractivity contribution < 1.29 is 19.4 Å². The van der Waals surface area contributed by atoms with E-state index in [-0.39, 0.29) is 5.91 Å². The number of nitrogens with zero attached hydrogens (tertiary/aromatic N) is 1. The smallest absolute Gasteiger partial charge is 0.320 e. The molecule has 0 aromatic carbocycles. The molecule has 3 atom stereocenters. The first-order valence-corrected chi connectivity index (χ1v) is 7.22. The molecule has 1 heterocycles. The molecule has 1 aliphatic heterocycles. The van der Waals surface area contributed by atoms with Crippen LogP contribution in [0.4, 0.5) is 0 Å². The topological polar surface area (TPSA) is 78.9 Å². The third-order valence-electron chi connectivity index (χ3n) is 3.89. The summed E-state index contributed by atoms with van der Waals surface area (Å²) >= 11 is 0. The van der Waals surface area contributed by atoms with Crippen LogP contribution < -0.4 is 5.32 Å². The first-order chi connectivity index (χ1) is 9.47. The highest BCUT2D eigenvalue weighted by atomic mass is 16.5. The molecule has 2 N–H and O–H groups in total. The molecule has 0 aromatic heterocycles. The third-order valence-corrected chi connectivity index (χ3v) is 3.89. The molecule has 20 heavy (non-hydrogen) atoms. The maximum absolute atomic E-state index is 12.1. The number of carbonyl (C=O) groups is 2. The quantitative estimate of drug-likeness (QED) is 0.674. The number of hydrogen-bond acceptors (Lipinski definition) is 4. The van der Waals surface area contributed by atoms with E-state index in [2.05, 4.69) is 12.2 Å². The van der Waals surface area contributed by atoms with Crippen LogP contribution in [0.5, 0.6) is 0 Å². The summed E-state index contributed by atoms with van der Waals surface area (Å²) in [4.78, 5) is 25.2. The second-order valence-electron chi connectivity index (χ2n) is 5.53. The van der Waals surface area contributed by atoms with Crippen molar-refractivity contribution in [1.29, 1.82) is 0 Å². The van der Waals surface area contributed by atoms with Gasteiger partial charge in [0.25, 0.3) is 0 Å². The highest BCUT2D eigenvalue weighted by molar-refractivity contribution is 5.82. The molecule has 1 amide bonds. The van der Waals surface area contributed by atoms with Crippen LogP contribution in [0.2, 0.25) is 0 Å². The van der Waals surface area contributed by atoms with Crippen LogP contribution in [0.1, 0.15) is 33.1 Å². The van der Waals surface area contributed by atoms with Gasteiger partial charge in [-0.3, -0.25) is 14.5 Å². The molecule has 6 nitrogen and oxygen atoms in total. The summed E-state index contributed by atoms with van der Waals surface area (Å²) in [6.45, 7) is 5.65. The Morgan fingerprint density at radius 1 is 1.50 bits per heavy atom. The second kappa shape index (κ2) is 8.21. The zero-order chi connectivity index (χ0) is 15.1. The Morgan fingerprint density at radius 2 is 2.20 bits per heavy atom. The predicted molar refractivity (Wildman–Crippen MR) is 75.5 cm³/mol. The monoisotopic (exact) mass is 286 g/mol. The van der Waals surface area contributed by atoms with Gasteiger partial charge in [0, 0.05) is 26.8 Å². The number of piperidine rings is 1. The summed E-state index contributed by atoms with van der Waals surface area (Å²) < 4.78 is 4.92. The van der Waals surface area contributed by atoms with Gasteiger partial charge in [0.15, 0.2) is 0 Å². The molecule has 116 valence electrons. The Bertz CT molecular complexity index is 335. The molecule has 1 rings (SSSR count). The minimum Gasteiger partial charge on any atom is -0.480 e. The largest absolute Gasteiger partial charge is 0.480 e. The number of carbonyl (C=O) groups excluding carboxylic acids is 1. The summed E-state index contributed by atoms with van der Waals surface area (Å²) in [7, 11) is 1.62. The van der Waals surface area contributed by atoms with Gasteiger partial charge in [0.05, 0.1) is 6.04 Å². The van der Waals surface area contributed by atoms with Gasteiger partial charge in [-0.25, -0.2) is 0 Å². The minimum atomic E-state index is -0.837. The van der Waals surface area contributed by atoms with Crippen molar-refractivity contribution >= 4 is 11.9 Å². The molecule has 0 spiro atoms. The van der Waals surface area contributed by atoms with Gasteiger partial charge in [0.1, 0.15) is 6.04 Å². The summed E-state index contributed by atoms with van der Waals surface area (Å²) in [5.41, 5.74) is 0. The SMILES string of the molecule is COCCCNC(=O)C(C)N1CCC(C)CC1C(=O)O. The number of nitrogens with one attached hydrogen (secondary N) is 1. The Labute approximate surface area is 120 Å². The minimum absolute atomic E-state index is 0.109. The van der Waals surface area contributed by atoms with Crippen molar-refractivity contribution in [3.05, 3.63) is 0 Å². The molecule has 1 fully saturated rings. The molecular weight excluding hydrogens is 260 g/mol. The lowest BCUT2D eigenvalue weighted by atomic mass is 9.91.